The first-order valence-electron chi connectivity index (χ1n) is 9.82. The average molecular weight is 531 g/mol. The van der Waals surface area contributed by atoms with Crippen molar-refractivity contribution in [2.24, 2.45) is 5.10 Å². The zero-order valence-electron chi connectivity index (χ0n) is 17.9. The van der Waals surface area contributed by atoms with Crippen molar-refractivity contribution in [1.82, 2.24) is 5.43 Å². The van der Waals surface area contributed by atoms with Crippen LogP contribution in [0.4, 0.5) is 5.69 Å². The molecule has 0 radical (unpaired) electrons. The molecule has 3 aromatic rings. The zero-order valence-corrected chi connectivity index (χ0v) is 20.2. The van der Waals surface area contributed by atoms with E-state index in [1.807, 2.05) is 19.1 Å². The van der Waals surface area contributed by atoms with Gasteiger partial charge in [0.15, 0.2) is 18.1 Å². The van der Waals surface area contributed by atoms with Crippen LogP contribution < -0.4 is 20.2 Å². The highest BCUT2D eigenvalue weighted by molar-refractivity contribution is 9.10. The molecule has 3 rings (SSSR count). The fourth-order valence-corrected chi connectivity index (χ4v) is 3.53. The summed E-state index contributed by atoms with van der Waals surface area (Å²) in [6.07, 6.45) is 1.48. The molecule has 2 amide bonds. The van der Waals surface area contributed by atoms with Gasteiger partial charge >= 0.3 is 0 Å². The number of anilines is 1. The van der Waals surface area contributed by atoms with Gasteiger partial charge in [0, 0.05) is 16.3 Å². The van der Waals surface area contributed by atoms with Gasteiger partial charge < -0.3 is 14.8 Å². The van der Waals surface area contributed by atoms with E-state index in [2.05, 4.69) is 31.8 Å². The van der Waals surface area contributed by atoms with E-state index in [0.717, 1.165) is 5.56 Å². The molecule has 0 aliphatic heterocycles. The van der Waals surface area contributed by atoms with E-state index in [9.17, 15) is 9.59 Å². The Balaban J connectivity index is 1.63. The lowest BCUT2D eigenvalue weighted by atomic mass is 10.2. The summed E-state index contributed by atoms with van der Waals surface area (Å²) in [5.74, 6) is 0.0864. The number of hydrogen-bond donors (Lipinski definition) is 2. The van der Waals surface area contributed by atoms with E-state index < -0.39 is 0 Å². The highest BCUT2D eigenvalue weighted by Gasteiger charge is 2.14. The predicted octanol–water partition coefficient (Wildman–Crippen LogP) is 5.20. The minimum absolute atomic E-state index is 0.235. The monoisotopic (exact) mass is 529 g/mol. The fourth-order valence-electron chi connectivity index (χ4n) is 2.78. The van der Waals surface area contributed by atoms with Gasteiger partial charge in [0.25, 0.3) is 11.8 Å². The van der Waals surface area contributed by atoms with Gasteiger partial charge in [-0.05, 0) is 70.4 Å². The highest BCUT2D eigenvalue weighted by atomic mass is 79.9. The normalized spacial score (nSPS) is 10.7. The summed E-state index contributed by atoms with van der Waals surface area (Å²) in [5, 5.41) is 7.28. The van der Waals surface area contributed by atoms with Crippen molar-refractivity contribution >= 4 is 51.2 Å². The molecular weight excluding hydrogens is 510 g/mol. The predicted molar refractivity (Wildman–Crippen MR) is 133 cm³/mol. The maximum absolute atomic E-state index is 12.3. The van der Waals surface area contributed by atoms with E-state index in [0.29, 0.717) is 37.8 Å². The van der Waals surface area contributed by atoms with E-state index in [4.69, 9.17) is 21.1 Å². The van der Waals surface area contributed by atoms with Crippen molar-refractivity contribution in [3.63, 3.8) is 0 Å². The van der Waals surface area contributed by atoms with Crippen LogP contribution >= 0.6 is 27.5 Å². The summed E-state index contributed by atoms with van der Waals surface area (Å²) in [6.45, 7) is 1.65. The number of hydrogen-bond acceptors (Lipinski definition) is 5. The number of carbonyl (C=O) groups is 2. The van der Waals surface area contributed by atoms with Crippen LogP contribution in [0.25, 0.3) is 0 Å². The Morgan fingerprint density at radius 3 is 2.58 bits per heavy atom. The van der Waals surface area contributed by atoms with Gasteiger partial charge in [-0.15, -0.1) is 0 Å². The molecule has 0 saturated carbocycles. The highest BCUT2D eigenvalue weighted by Crippen LogP contribution is 2.36. The fraction of sp³-hybridized carbons (Fsp3) is 0.125. The van der Waals surface area contributed by atoms with Crippen molar-refractivity contribution in [3.05, 3.63) is 86.8 Å². The number of halogens is 2. The standard InChI is InChI=1S/C24H21BrClN3O4/c1-15-8-9-18(12-20(15)26)28-22(30)14-33-23-19(25)10-16(11-21(23)32-2)13-27-29-24(31)17-6-4-3-5-7-17/h3-13H,14H2,1-2H3,(H,28,30)(H,29,31)/b27-13+. The molecule has 0 unspecified atom stereocenters. The maximum Gasteiger partial charge on any atom is 0.271 e. The molecule has 0 aliphatic carbocycles. The summed E-state index contributed by atoms with van der Waals surface area (Å²) >= 11 is 9.52. The Morgan fingerprint density at radius 1 is 1.12 bits per heavy atom. The van der Waals surface area contributed by atoms with E-state index in [1.165, 1.54) is 13.3 Å². The minimum atomic E-state index is -0.349. The topological polar surface area (TPSA) is 89.0 Å². The largest absolute Gasteiger partial charge is 0.493 e. The molecule has 7 nitrogen and oxygen atoms in total. The number of methoxy groups -OCH3 is 1. The number of carbonyl (C=O) groups excluding carboxylic acids is 2. The number of hydrazone groups is 1. The van der Waals surface area contributed by atoms with Crippen LogP contribution in [-0.2, 0) is 4.79 Å². The molecule has 0 fully saturated rings. The first-order chi connectivity index (χ1) is 15.9. The van der Waals surface area contributed by atoms with Crippen LogP contribution in [0.5, 0.6) is 11.5 Å². The molecule has 0 heterocycles. The molecule has 3 aromatic carbocycles. The number of nitrogens with zero attached hydrogens (tertiary/aromatic N) is 1. The third-order valence-electron chi connectivity index (χ3n) is 4.47. The minimum Gasteiger partial charge on any atom is -0.493 e. The van der Waals surface area contributed by atoms with Crippen molar-refractivity contribution in [3.8, 4) is 11.5 Å². The van der Waals surface area contributed by atoms with E-state index in [1.54, 1.807) is 48.5 Å². The molecule has 0 aliphatic rings. The maximum atomic E-state index is 12.3. The first-order valence-corrected chi connectivity index (χ1v) is 11.0. The number of ether oxygens (including phenoxy) is 2. The Kier molecular flexibility index (Phi) is 8.46. The van der Waals surface area contributed by atoms with Crippen LogP contribution in [0.2, 0.25) is 5.02 Å². The average Bonchev–Trinajstić information content (AvgIpc) is 2.81. The van der Waals surface area contributed by atoms with Gasteiger partial charge in [0.1, 0.15) is 0 Å². The zero-order chi connectivity index (χ0) is 23.8. The molecular formula is C24H21BrClN3O4. The number of benzene rings is 3. The first kappa shape index (κ1) is 24.3. The second-order valence-electron chi connectivity index (χ2n) is 6.90. The summed E-state index contributed by atoms with van der Waals surface area (Å²) in [7, 11) is 1.49. The SMILES string of the molecule is COc1cc(/C=N/NC(=O)c2ccccc2)cc(Br)c1OCC(=O)Nc1ccc(C)c(Cl)c1. The lowest BCUT2D eigenvalue weighted by Gasteiger charge is -2.13. The lowest BCUT2D eigenvalue weighted by Crippen LogP contribution is -2.20. The third kappa shape index (κ3) is 6.81. The summed E-state index contributed by atoms with van der Waals surface area (Å²) in [6, 6.07) is 17.4. The summed E-state index contributed by atoms with van der Waals surface area (Å²) < 4.78 is 11.6. The second-order valence-corrected chi connectivity index (χ2v) is 8.16. The van der Waals surface area contributed by atoms with Gasteiger partial charge in [-0.3, -0.25) is 9.59 Å². The van der Waals surface area contributed by atoms with E-state index >= 15 is 0 Å². The number of aryl methyl sites for hydroxylation is 1. The molecule has 0 spiro atoms. The van der Waals surface area contributed by atoms with Crippen molar-refractivity contribution in [2.45, 2.75) is 6.92 Å². The molecule has 9 heteroatoms. The smallest absolute Gasteiger partial charge is 0.271 e. The molecule has 170 valence electrons. The Morgan fingerprint density at radius 2 is 1.88 bits per heavy atom. The van der Waals surface area contributed by atoms with Crippen LogP contribution in [0.1, 0.15) is 21.5 Å². The van der Waals surface area contributed by atoms with Gasteiger partial charge in [0.05, 0.1) is 17.8 Å². The number of amides is 2. The summed E-state index contributed by atoms with van der Waals surface area (Å²) in [4.78, 5) is 24.4. The van der Waals surface area contributed by atoms with Crippen molar-refractivity contribution < 1.29 is 19.1 Å². The molecule has 0 atom stereocenters. The number of nitrogens with one attached hydrogen (secondary N) is 2. The van der Waals surface area contributed by atoms with E-state index in [-0.39, 0.29) is 18.4 Å². The Labute approximate surface area is 204 Å². The summed E-state index contributed by atoms with van der Waals surface area (Å²) in [5.41, 5.74) is 5.12. The van der Waals surface area contributed by atoms with Crippen molar-refractivity contribution in [2.75, 3.05) is 19.0 Å². The quantitative estimate of drug-likeness (QED) is 0.309. The molecule has 0 saturated heterocycles. The Bertz CT molecular complexity index is 1190. The lowest BCUT2D eigenvalue weighted by molar-refractivity contribution is -0.118. The molecule has 0 aromatic heterocycles. The molecule has 33 heavy (non-hydrogen) atoms. The van der Waals surface area contributed by atoms with Crippen LogP contribution in [-0.4, -0.2) is 31.7 Å². The number of rotatable bonds is 8. The third-order valence-corrected chi connectivity index (χ3v) is 5.47. The van der Waals surface area contributed by atoms with Crippen LogP contribution in [0, 0.1) is 6.92 Å². The van der Waals surface area contributed by atoms with Gasteiger partial charge in [-0.1, -0.05) is 35.9 Å². The Hall–Kier alpha value is -3.36. The molecule has 2 N–H and O–H groups in total. The van der Waals surface area contributed by atoms with Crippen LogP contribution in [0.3, 0.4) is 0 Å². The second kappa shape index (κ2) is 11.5. The van der Waals surface area contributed by atoms with Crippen LogP contribution in [0.15, 0.2) is 70.2 Å². The van der Waals surface area contributed by atoms with Gasteiger partial charge in [-0.25, -0.2) is 5.43 Å². The molecule has 0 bridgehead atoms. The van der Waals surface area contributed by atoms with Gasteiger partial charge in [0.2, 0.25) is 0 Å². The van der Waals surface area contributed by atoms with Gasteiger partial charge in [-0.2, -0.15) is 5.10 Å². The van der Waals surface area contributed by atoms with Crippen molar-refractivity contribution in [1.29, 1.82) is 0 Å².